The van der Waals surface area contributed by atoms with E-state index in [1.165, 1.54) is 12.1 Å². The van der Waals surface area contributed by atoms with Gasteiger partial charge in [0.05, 0.1) is 0 Å². The molecule has 4 heteroatoms. The second-order valence-corrected chi connectivity index (χ2v) is 2.76. The normalized spacial score (nSPS) is 10.6. The van der Waals surface area contributed by atoms with Gasteiger partial charge in [-0.15, -0.1) is 0 Å². The molecule has 0 saturated carbocycles. The smallest absolute Gasteiger partial charge is 0.387 e. The Morgan fingerprint density at radius 2 is 2.14 bits per heavy atom. The van der Waals surface area contributed by atoms with Crippen LogP contribution in [0.3, 0.4) is 0 Å². The first kappa shape index (κ1) is 10.9. The van der Waals surface area contributed by atoms with E-state index in [0.717, 1.165) is 11.6 Å². The lowest BCUT2D eigenvalue weighted by atomic mass is 10.1. The highest BCUT2D eigenvalue weighted by atomic mass is 19.3. The van der Waals surface area contributed by atoms with E-state index in [0.29, 0.717) is 6.42 Å². The Hall–Kier alpha value is -1.19. The number of hydrogen-bond donors (Lipinski definition) is 0. The summed E-state index contributed by atoms with van der Waals surface area (Å²) in [5.74, 6) is -1.18. The molecule has 1 aromatic carbocycles. The van der Waals surface area contributed by atoms with Crippen LogP contribution in [0, 0.1) is 12.2 Å². The Kier molecular flexibility index (Phi) is 3.80. The number of alkyl halides is 2. The Morgan fingerprint density at radius 3 is 2.71 bits per heavy atom. The predicted molar refractivity (Wildman–Crippen MR) is 46.7 cm³/mol. The first-order chi connectivity index (χ1) is 6.63. The van der Waals surface area contributed by atoms with Gasteiger partial charge < -0.3 is 4.74 Å². The third-order valence-corrected chi connectivity index (χ3v) is 1.65. The lowest BCUT2D eigenvalue weighted by Crippen LogP contribution is -2.04. The summed E-state index contributed by atoms with van der Waals surface area (Å²) in [6, 6.07) is 3.94. The van der Waals surface area contributed by atoms with Crippen molar-refractivity contribution >= 4 is 0 Å². The second-order valence-electron chi connectivity index (χ2n) is 2.76. The molecule has 0 aliphatic carbocycles. The van der Waals surface area contributed by atoms with E-state index in [1.54, 1.807) is 0 Å². The van der Waals surface area contributed by atoms with Gasteiger partial charge in [-0.25, -0.2) is 4.39 Å². The molecule has 0 aliphatic heterocycles. The first-order valence-corrected chi connectivity index (χ1v) is 4.14. The summed E-state index contributed by atoms with van der Waals surface area (Å²) in [5.41, 5.74) is 0.740. The summed E-state index contributed by atoms with van der Waals surface area (Å²) in [6.07, 6.45) is 2.44. The molecule has 0 aromatic heterocycles. The summed E-state index contributed by atoms with van der Waals surface area (Å²) >= 11 is 0. The molecule has 0 bridgehead atoms. The number of halogens is 3. The number of ether oxygens (including phenoxy) is 1. The van der Waals surface area contributed by atoms with E-state index < -0.39 is 18.2 Å². The van der Waals surface area contributed by atoms with Crippen molar-refractivity contribution < 1.29 is 17.9 Å². The van der Waals surface area contributed by atoms with Gasteiger partial charge in [-0.1, -0.05) is 13.0 Å². The van der Waals surface area contributed by atoms with E-state index in [2.05, 4.69) is 4.74 Å². The standard InChI is InChI=1S/C10H10F3O/c1-2-3-7-4-5-8(11)9(6-7)14-10(12)13/h2,4-6,10H,3H2,1H3. The molecule has 0 atom stereocenters. The van der Waals surface area contributed by atoms with Crippen LogP contribution < -0.4 is 4.74 Å². The van der Waals surface area contributed by atoms with E-state index >= 15 is 0 Å². The molecule has 0 heterocycles. The molecule has 1 radical (unpaired) electrons. The van der Waals surface area contributed by atoms with Crippen LogP contribution in [0.2, 0.25) is 0 Å². The quantitative estimate of drug-likeness (QED) is 0.730. The molecule has 0 spiro atoms. The molecule has 0 N–H and O–H groups in total. The average molecular weight is 203 g/mol. The minimum Gasteiger partial charge on any atom is -0.432 e. The van der Waals surface area contributed by atoms with Gasteiger partial charge in [-0.2, -0.15) is 8.78 Å². The molecule has 0 aliphatic rings. The van der Waals surface area contributed by atoms with Gasteiger partial charge >= 0.3 is 6.61 Å². The van der Waals surface area contributed by atoms with Crippen molar-refractivity contribution in [2.45, 2.75) is 20.0 Å². The highest BCUT2D eigenvalue weighted by Gasteiger charge is 2.09. The van der Waals surface area contributed by atoms with Crippen LogP contribution in [-0.4, -0.2) is 6.61 Å². The number of hydrogen-bond acceptors (Lipinski definition) is 1. The maximum atomic E-state index is 12.9. The van der Waals surface area contributed by atoms with E-state index in [9.17, 15) is 13.2 Å². The third kappa shape index (κ3) is 2.94. The predicted octanol–water partition coefficient (Wildman–Crippen LogP) is 3.19. The second kappa shape index (κ2) is 4.88. The fourth-order valence-electron chi connectivity index (χ4n) is 1.10. The highest BCUT2D eigenvalue weighted by molar-refractivity contribution is 5.31. The average Bonchev–Trinajstić information content (AvgIpc) is 2.10. The minimum absolute atomic E-state index is 0.403. The molecular formula is C10H10F3O. The highest BCUT2D eigenvalue weighted by Crippen LogP contribution is 2.21. The van der Waals surface area contributed by atoms with Crippen LogP contribution in [-0.2, 0) is 6.42 Å². The van der Waals surface area contributed by atoms with Crippen molar-refractivity contribution in [3.63, 3.8) is 0 Å². The summed E-state index contributed by atoms with van der Waals surface area (Å²) in [5, 5.41) is 0. The molecule has 1 nitrogen and oxygen atoms in total. The largest absolute Gasteiger partial charge is 0.432 e. The van der Waals surface area contributed by atoms with Crippen LogP contribution in [0.25, 0.3) is 0 Å². The van der Waals surface area contributed by atoms with Crippen molar-refractivity contribution in [1.82, 2.24) is 0 Å². The van der Waals surface area contributed by atoms with Crippen molar-refractivity contribution in [1.29, 1.82) is 0 Å². The first-order valence-electron chi connectivity index (χ1n) is 4.14. The summed E-state index contributed by atoms with van der Waals surface area (Å²) in [6.45, 7) is -1.16. The van der Waals surface area contributed by atoms with Gasteiger partial charge in [0.2, 0.25) is 0 Å². The maximum Gasteiger partial charge on any atom is 0.387 e. The Morgan fingerprint density at radius 1 is 1.43 bits per heavy atom. The van der Waals surface area contributed by atoms with Gasteiger partial charge in [0.1, 0.15) is 0 Å². The summed E-state index contributed by atoms with van der Waals surface area (Å²) < 4.78 is 40.6. The van der Waals surface area contributed by atoms with Crippen LogP contribution in [0.15, 0.2) is 18.2 Å². The Bertz CT molecular complexity index is 299. The van der Waals surface area contributed by atoms with Crippen molar-refractivity contribution in [3.8, 4) is 5.75 Å². The van der Waals surface area contributed by atoms with Crippen molar-refractivity contribution in [2.24, 2.45) is 0 Å². The van der Waals surface area contributed by atoms with Crippen molar-refractivity contribution in [3.05, 3.63) is 36.0 Å². The van der Waals surface area contributed by atoms with Gasteiger partial charge in [0.25, 0.3) is 0 Å². The van der Waals surface area contributed by atoms with Crippen LogP contribution >= 0.6 is 0 Å². The molecule has 1 rings (SSSR count). The van der Waals surface area contributed by atoms with Gasteiger partial charge in [-0.05, 0) is 30.5 Å². The zero-order valence-electron chi connectivity index (χ0n) is 7.64. The van der Waals surface area contributed by atoms with Gasteiger partial charge in [0, 0.05) is 0 Å². The Labute approximate surface area is 80.5 Å². The number of benzene rings is 1. The lowest BCUT2D eigenvalue weighted by Gasteiger charge is -2.07. The fraction of sp³-hybridized carbons (Fsp3) is 0.300. The fourth-order valence-corrected chi connectivity index (χ4v) is 1.10. The molecule has 0 amide bonds. The molecule has 77 valence electrons. The van der Waals surface area contributed by atoms with Crippen LogP contribution in [0.4, 0.5) is 13.2 Å². The number of rotatable bonds is 4. The SMILES string of the molecule is C[CH]Cc1ccc(F)c(OC(F)F)c1. The Balaban J connectivity index is 2.84. The summed E-state index contributed by atoms with van der Waals surface area (Å²) in [7, 11) is 0. The molecule has 0 fully saturated rings. The molecule has 0 saturated heterocycles. The van der Waals surface area contributed by atoms with Crippen LogP contribution in [0.5, 0.6) is 5.75 Å². The monoisotopic (exact) mass is 203 g/mol. The van der Waals surface area contributed by atoms with E-state index in [1.807, 2.05) is 13.3 Å². The molecular weight excluding hydrogens is 193 g/mol. The summed E-state index contributed by atoms with van der Waals surface area (Å²) in [4.78, 5) is 0. The van der Waals surface area contributed by atoms with E-state index in [-0.39, 0.29) is 0 Å². The third-order valence-electron chi connectivity index (χ3n) is 1.65. The van der Waals surface area contributed by atoms with E-state index in [4.69, 9.17) is 0 Å². The zero-order chi connectivity index (χ0) is 10.6. The van der Waals surface area contributed by atoms with Gasteiger partial charge in [-0.3, -0.25) is 0 Å². The molecule has 0 unspecified atom stereocenters. The lowest BCUT2D eigenvalue weighted by molar-refractivity contribution is -0.0522. The molecule has 14 heavy (non-hydrogen) atoms. The zero-order valence-corrected chi connectivity index (χ0v) is 7.64. The topological polar surface area (TPSA) is 9.23 Å². The van der Waals surface area contributed by atoms with Gasteiger partial charge in [0.15, 0.2) is 11.6 Å². The maximum absolute atomic E-state index is 12.9. The van der Waals surface area contributed by atoms with Crippen molar-refractivity contribution in [2.75, 3.05) is 0 Å². The molecule has 1 aromatic rings. The van der Waals surface area contributed by atoms with Crippen LogP contribution in [0.1, 0.15) is 12.5 Å². The minimum atomic E-state index is -3.00.